The molecule has 1 N–H and O–H groups in total. The summed E-state index contributed by atoms with van der Waals surface area (Å²) in [6.45, 7) is 15.4. The molecule has 2 unspecified atom stereocenters. The Balaban J connectivity index is 2.52. The van der Waals surface area contributed by atoms with Crippen LogP contribution in [-0.2, 0) is 0 Å². The molecule has 1 aliphatic rings. The zero-order valence-electron chi connectivity index (χ0n) is 11.8. The predicted molar refractivity (Wildman–Crippen MR) is 71.7 cm³/mol. The fourth-order valence-electron chi connectivity index (χ4n) is 2.75. The van der Waals surface area contributed by atoms with Crippen molar-refractivity contribution >= 4 is 0 Å². The third-order valence-electron chi connectivity index (χ3n) is 3.31. The van der Waals surface area contributed by atoms with Crippen molar-refractivity contribution in [1.82, 2.24) is 10.2 Å². The van der Waals surface area contributed by atoms with Gasteiger partial charge in [0.2, 0.25) is 0 Å². The molecule has 96 valence electrons. The van der Waals surface area contributed by atoms with E-state index in [4.69, 9.17) is 0 Å². The molecule has 2 atom stereocenters. The lowest BCUT2D eigenvalue weighted by atomic mass is 9.97. The first-order chi connectivity index (χ1) is 7.49. The normalized spacial score (nSPS) is 27.0. The van der Waals surface area contributed by atoms with Crippen LogP contribution >= 0.6 is 0 Å². The lowest BCUT2D eigenvalue weighted by Crippen LogP contribution is -2.48. The zero-order valence-corrected chi connectivity index (χ0v) is 11.8. The topological polar surface area (TPSA) is 15.3 Å². The Morgan fingerprint density at radius 2 is 1.69 bits per heavy atom. The Morgan fingerprint density at radius 3 is 2.12 bits per heavy atom. The number of hydrogen-bond acceptors (Lipinski definition) is 2. The van der Waals surface area contributed by atoms with Crippen molar-refractivity contribution in [2.75, 3.05) is 19.6 Å². The smallest absolute Gasteiger partial charge is 0.0122 e. The van der Waals surface area contributed by atoms with Crippen LogP contribution in [-0.4, -0.2) is 36.6 Å². The van der Waals surface area contributed by atoms with E-state index in [0.717, 1.165) is 17.9 Å². The van der Waals surface area contributed by atoms with Crippen LogP contribution in [0.25, 0.3) is 0 Å². The van der Waals surface area contributed by atoms with E-state index in [9.17, 15) is 0 Å². The minimum atomic E-state index is 0.695. The van der Waals surface area contributed by atoms with E-state index in [1.165, 1.54) is 32.5 Å². The molecule has 0 aromatic rings. The molecule has 0 saturated carbocycles. The summed E-state index contributed by atoms with van der Waals surface area (Å²) in [4.78, 5) is 2.73. The highest BCUT2D eigenvalue weighted by atomic mass is 15.2. The molecule has 2 heteroatoms. The molecule has 2 nitrogen and oxygen atoms in total. The molecule has 0 aliphatic carbocycles. The second-order valence-corrected chi connectivity index (χ2v) is 6.27. The highest BCUT2D eigenvalue weighted by Gasteiger charge is 2.24. The molecule has 1 aliphatic heterocycles. The van der Waals surface area contributed by atoms with E-state index in [2.05, 4.69) is 44.8 Å². The van der Waals surface area contributed by atoms with Crippen molar-refractivity contribution in [2.45, 2.75) is 59.5 Å². The standard InChI is InChI=1S/C14H30N2/c1-11(2)9-16(10-12(3)4)14-6-7-15-13(5)8-14/h11-15H,6-10H2,1-5H3. The van der Waals surface area contributed by atoms with Gasteiger partial charge in [-0.05, 0) is 38.1 Å². The van der Waals surface area contributed by atoms with Gasteiger partial charge in [0.05, 0.1) is 0 Å². The second kappa shape index (κ2) is 6.61. The highest BCUT2D eigenvalue weighted by Crippen LogP contribution is 2.18. The molecule has 16 heavy (non-hydrogen) atoms. The van der Waals surface area contributed by atoms with Gasteiger partial charge in [0, 0.05) is 25.2 Å². The molecule has 0 amide bonds. The van der Waals surface area contributed by atoms with Crippen molar-refractivity contribution in [1.29, 1.82) is 0 Å². The third kappa shape index (κ3) is 4.84. The number of nitrogens with one attached hydrogen (secondary N) is 1. The molecule has 1 heterocycles. The summed E-state index contributed by atoms with van der Waals surface area (Å²) in [6, 6.07) is 1.50. The fraction of sp³-hybridized carbons (Fsp3) is 1.00. The number of piperidine rings is 1. The molecule has 0 bridgehead atoms. The van der Waals surface area contributed by atoms with Gasteiger partial charge >= 0.3 is 0 Å². The van der Waals surface area contributed by atoms with Gasteiger partial charge in [-0.1, -0.05) is 27.7 Å². The summed E-state index contributed by atoms with van der Waals surface area (Å²) in [7, 11) is 0. The van der Waals surface area contributed by atoms with Gasteiger partial charge in [-0.3, -0.25) is 4.90 Å². The van der Waals surface area contributed by atoms with Gasteiger partial charge in [0.1, 0.15) is 0 Å². The van der Waals surface area contributed by atoms with Gasteiger partial charge in [-0.25, -0.2) is 0 Å². The molecule has 1 fully saturated rings. The van der Waals surface area contributed by atoms with Gasteiger partial charge in [-0.15, -0.1) is 0 Å². The van der Waals surface area contributed by atoms with Crippen LogP contribution in [0.1, 0.15) is 47.5 Å². The number of rotatable bonds is 5. The van der Waals surface area contributed by atoms with Gasteiger partial charge in [-0.2, -0.15) is 0 Å². The number of hydrogen-bond donors (Lipinski definition) is 1. The zero-order chi connectivity index (χ0) is 12.1. The highest BCUT2D eigenvalue weighted by molar-refractivity contribution is 4.83. The monoisotopic (exact) mass is 226 g/mol. The maximum atomic E-state index is 3.55. The predicted octanol–water partition coefficient (Wildman–Crippen LogP) is 2.74. The van der Waals surface area contributed by atoms with E-state index < -0.39 is 0 Å². The van der Waals surface area contributed by atoms with Crippen LogP contribution in [0.4, 0.5) is 0 Å². The van der Waals surface area contributed by atoms with Gasteiger partial charge in [0.25, 0.3) is 0 Å². The maximum Gasteiger partial charge on any atom is 0.0122 e. The van der Waals surface area contributed by atoms with E-state index in [1.54, 1.807) is 0 Å². The third-order valence-corrected chi connectivity index (χ3v) is 3.31. The Kier molecular flexibility index (Phi) is 5.77. The molecule has 0 aromatic carbocycles. The molecule has 0 aromatic heterocycles. The number of nitrogens with zero attached hydrogens (tertiary/aromatic N) is 1. The summed E-state index contributed by atoms with van der Waals surface area (Å²) in [6.07, 6.45) is 2.64. The average molecular weight is 226 g/mol. The van der Waals surface area contributed by atoms with E-state index >= 15 is 0 Å². The van der Waals surface area contributed by atoms with Crippen LogP contribution in [0.15, 0.2) is 0 Å². The molecule has 1 saturated heterocycles. The van der Waals surface area contributed by atoms with Crippen molar-refractivity contribution < 1.29 is 0 Å². The average Bonchev–Trinajstić information content (AvgIpc) is 2.15. The second-order valence-electron chi connectivity index (χ2n) is 6.27. The molecule has 0 spiro atoms. The summed E-state index contributed by atoms with van der Waals surface area (Å²) in [5.74, 6) is 1.56. The Labute approximate surface area is 102 Å². The van der Waals surface area contributed by atoms with E-state index in [0.29, 0.717) is 6.04 Å². The van der Waals surface area contributed by atoms with E-state index in [-0.39, 0.29) is 0 Å². The first-order valence-corrected chi connectivity index (χ1v) is 6.96. The Hall–Kier alpha value is -0.0800. The summed E-state index contributed by atoms with van der Waals surface area (Å²) >= 11 is 0. The first-order valence-electron chi connectivity index (χ1n) is 6.96. The summed E-state index contributed by atoms with van der Waals surface area (Å²) in [5, 5.41) is 3.55. The minimum absolute atomic E-state index is 0.695. The lowest BCUT2D eigenvalue weighted by Gasteiger charge is -2.39. The molecule has 1 rings (SSSR count). The fourth-order valence-corrected chi connectivity index (χ4v) is 2.75. The van der Waals surface area contributed by atoms with Crippen molar-refractivity contribution in [3.8, 4) is 0 Å². The van der Waals surface area contributed by atoms with Crippen LogP contribution in [0.3, 0.4) is 0 Å². The Bertz CT molecular complexity index is 179. The van der Waals surface area contributed by atoms with E-state index in [1.807, 2.05) is 0 Å². The molecule has 0 radical (unpaired) electrons. The van der Waals surface area contributed by atoms with Crippen molar-refractivity contribution in [3.63, 3.8) is 0 Å². The van der Waals surface area contributed by atoms with Crippen molar-refractivity contribution in [3.05, 3.63) is 0 Å². The van der Waals surface area contributed by atoms with Gasteiger partial charge in [0.15, 0.2) is 0 Å². The molecular weight excluding hydrogens is 196 g/mol. The lowest BCUT2D eigenvalue weighted by molar-refractivity contribution is 0.118. The van der Waals surface area contributed by atoms with Crippen LogP contribution in [0, 0.1) is 11.8 Å². The van der Waals surface area contributed by atoms with Gasteiger partial charge < -0.3 is 5.32 Å². The maximum absolute atomic E-state index is 3.55. The SMILES string of the molecule is CC(C)CN(CC(C)C)C1CCNC(C)C1. The van der Waals surface area contributed by atoms with Crippen LogP contribution in [0.2, 0.25) is 0 Å². The largest absolute Gasteiger partial charge is 0.314 e. The molecular formula is C14H30N2. The van der Waals surface area contributed by atoms with Crippen LogP contribution in [0.5, 0.6) is 0 Å². The quantitative estimate of drug-likeness (QED) is 0.775. The van der Waals surface area contributed by atoms with Crippen molar-refractivity contribution in [2.24, 2.45) is 11.8 Å². The first kappa shape index (κ1) is 14.0. The van der Waals surface area contributed by atoms with Crippen LogP contribution < -0.4 is 5.32 Å². The minimum Gasteiger partial charge on any atom is -0.314 e. The Morgan fingerprint density at radius 1 is 1.12 bits per heavy atom. The summed E-state index contributed by atoms with van der Waals surface area (Å²) < 4.78 is 0. The summed E-state index contributed by atoms with van der Waals surface area (Å²) in [5.41, 5.74) is 0.